The highest BCUT2D eigenvalue weighted by Crippen LogP contribution is 2.44. The Morgan fingerprint density at radius 2 is 1.48 bits per heavy atom. The highest BCUT2D eigenvalue weighted by Gasteiger charge is 2.42. The van der Waals surface area contributed by atoms with Crippen LogP contribution in [0, 0.1) is 6.92 Å². The van der Waals surface area contributed by atoms with Crippen molar-refractivity contribution in [1.82, 2.24) is 4.90 Å². The van der Waals surface area contributed by atoms with Crippen molar-refractivity contribution in [2.45, 2.75) is 6.92 Å². The van der Waals surface area contributed by atoms with Crippen LogP contribution in [-0.2, 0) is 14.3 Å². The molecule has 1 aliphatic rings. The number of imide groups is 1. The lowest BCUT2D eigenvalue weighted by Gasteiger charge is -2.13. The van der Waals surface area contributed by atoms with E-state index in [1.54, 1.807) is 25.1 Å². The number of hydrogen-bond acceptors (Lipinski definition) is 5. The Bertz CT molecular complexity index is 1100. The minimum absolute atomic E-state index is 0.189. The minimum Gasteiger partial charge on any atom is -0.454 e. The third-order valence-electron chi connectivity index (χ3n) is 4.38. The highest BCUT2D eigenvalue weighted by molar-refractivity contribution is 6.55. The Morgan fingerprint density at radius 1 is 0.935 bits per heavy atom. The summed E-state index contributed by atoms with van der Waals surface area (Å²) in [6.45, 7) is 0.297. The van der Waals surface area contributed by atoms with Crippen molar-refractivity contribution in [1.29, 1.82) is 0 Å². The van der Waals surface area contributed by atoms with Crippen LogP contribution in [0.2, 0.25) is 25.1 Å². The Kier molecular flexibility index (Phi) is 7.03. The topological polar surface area (TPSA) is 92.8 Å². The Hall–Kier alpha value is -2.03. The molecule has 1 aliphatic heterocycles. The smallest absolute Gasteiger partial charge is 0.326 e. The number of nitrogens with zero attached hydrogens (tertiary/aromatic N) is 1. The van der Waals surface area contributed by atoms with Crippen LogP contribution >= 0.6 is 58.0 Å². The lowest BCUT2D eigenvalue weighted by atomic mass is 10.1. The molecule has 0 aliphatic carbocycles. The van der Waals surface area contributed by atoms with Crippen LogP contribution in [0.3, 0.4) is 0 Å². The lowest BCUT2D eigenvalue weighted by Crippen LogP contribution is -2.36. The van der Waals surface area contributed by atoms with Crippen molar-refractivity contribution in [3.63, 3.8) is 0 Å². The fourth-order valence-corrected chi connectivity index (χ4v) is 3.98. The molecule has 0 unspecified atom stereocenters. The second kappa shape index (κ2) is 9.22. The van der Waals surface area contributed by atoms with Crippen molar-refractivity contribution >= 4 is 87.4 Å². The highest BCUT2D eigenvalue weighted by atomic mass is 35.5. The zero-order valence-corrected chi connectivity index (χ0v) is 19.3. The van der Waals surface area contributed by atoms with E-state index in [4.69, 9.17) is 62.7 Å². The van der Waals surface area contributed by atoms with Crippen molar-refractivity contribution in [2.24, 2.45) is 0 Å². The molecule has 3 rings (SSSR count). The number of esters is 1. The number of carbonyl (C=O) groups excluding carboxylic acids is 4. The summed E-state index contributed by atoms with van der Waals surface area (Å²) in [5.41, 5.74) is 0.578. The largest absolute Gasteiger partial charge is 0.454 e. The van der Waals surface area contributed by atoms with Crippen LogP contribution in [0.15, 0.2) is 18.2 Å². The van der Waals surface area contributed by atoms with Gasteiger partial charge < -0.3 is 10.1 Å². The van der Waals surface area contributed by atoms with Gasteiger partial charge in [-0.25, -0.2) is 0 Å². The molecule has 0 atom stereocenters. The van der Waals surface area contributed by atoms with Gasteiger partial charge >= 0.3 is 5.97 Å². The molecule has 3 amide bonds. The molecule has 31 heavy (non-hydrogen) atoms. The van der Waals surface area contributed by atoms with E-state index in [0.29, 0.717) is 21.2 Å². The zero-order chi connectivity index (χ0) is 23.0. The third-order valence-corrected chi connectivity index (χ3v) is 6.59. The molecule has 0 spiro atoms. The van der Waals surface area contributed by atoms with Gasteiger partial charge in [-0.2, -0.15) is 0 Å². The van der Waals surface area contributed by atoms with Gasteiger partial charge in [-0.3, -0.25) is 24.1 Å². The van der Waals surface area contributed by atoms with Crippen LogP contribution in [0.1, 0.15) is 26.3 Å². The van der Waals surface area contributed by atoms with E-state index in [1.807, 2.05) is 0 Å². The number of fused-ring (bicyclic) bond motifs is 1. The predicted octanol–water partition coefficient (Wildman–Crippen LogP) is 5.04. The first-order valence-electron chi connectivity index (χ1n) is 8.47. The molecule has 0 radical (unpaired) electrons. The van der Waals surface area contributed by atoms with Gasteiger partial charge in [-0.05, 0) is 24.6 Å². The third kappa shape index (κ3) is 4.47. The molecule has 2 aromatic carbocycles. The molecule has 162 valence electrons. The first kappa shape index (κ1) is 23.6. The summed E-state index contributed by atoms with van der Waals surface area (Å²) in [5, 5.41) is 2.12. The van der Waals surface area contributed by atoms with Gasteiger partial charge in [0.05, 0.1) is 31.2 Å². The summed E-state index contributed by atoms with van der Waals surface area (Å²) in [6.07, 6.45) is 0. The van der Waals surface area contributed by atoms with E-state index >= 15 is 0 Å². The average molecular weight is 525 g/mol. The maximum Gasteiger partial charge on any atom is 0.326 e. The zero-order valence-electron chi connectivity index (χ0n) is 15.5. The van der Waals surface area contributed by atoms with Gasteiger partial charge in [0.25, 0.3) is 17.7 Å². The van der Waals surface area contributed by atoms with Gasteiger partial charge in [0.15, 0.2) is 6.61 Å². The summed E-state index contributed by atoms with van der Waals surface area (Å²) in [5.74, 6) is -3.41. The van der Waals surface area contributed by atoms with Gasteiger partial charge in [0.1, 0.15) is 6.54 Å². The number of halogens is 5. The summed E-state index contributed by atoms with van der Waals surface area (Å²) in [6, 6.07) is 4.94. The molecule has 7 nitrogen and oxygen atoms in total. The number of benzene rings is 2. The molecule has 0 aromatic heterocycles. The van der Waals surface area contributed by atoms with E-state index in [0.717, 1.165) is 0 Å². The van der Waals surface area contributed by atoms with E-state index in [-0.39, 0.29) is 31.2 Å². The minimum atomic E-state index is -1.00. The molecule has 0 saturated carbocycles. The standard InChI is InChI=1S/C19H11Cl5N2O5/c1-7-8(20)3-2-4-9(7)25-10(27)6-31-11(28)5-26-18(29)12-13(19(26)30)15(22)17(24)16(23)14(12)21/h2-4H,5-6H2,1H3,(H,25,27). The van der Waals surface area contributed by atoms with Crippen LogP contribution in [0.25, 0.3) is 0 Å². The molecular formula is C19H11Cl5N2O5. The number of hydrogen-bond donors (Lipinski definition) is 1. The SMILES string of the molecule is Cc1c(Cl)cccc1NC(=O)COC(=O)CN1C(=O)c2c(Cl)c(Cl)c(Cl)c(Cl)c2C1=O. The number of nitrogens with one attached hydrogen (secondary N) is 1. The molecule has 1 N–H and O–H groups in total. The van der Waals surface area contributed by atoms with Crippen LogP contribution in [0.5, 0.6) is 0 Å². The van der Waals surface area contributed by atoms with Gasteiger partial charge in [-0.15, -0.1) is 0 Å². The summed E-state index contributed by atoms with van der Waals surface area (Å²) < 4.78 is 4.86. The molecule has 0 saturated heterocycles. The fourth-order valence-electron chi connectivity index (χ4n) is 2.79. The normalized spacial score (nSPS) is 12.8. The number of rotatable bonds is 5. The quantitative estimate of drug-likeness (QED) is 0.256. The van der Waals surface area contributed by atoms with Crippen molar-refractivity contribution < 1.29 is 23.9 Å². The molecule has 0 fully saturated rings. The number of ether oxygens (including phenoxy) is 1. The van der Waals surface area contributed by atoms with Crippen molar-refractivity contribution in [3.8, 4) is 0 Å². The van der Waals surface area contributed by atoms with E-state index < -0.39 is 36.8 Å². The number of carbonyl (C=O) groups is 4. The predicted molar refractivity (Wildman–Crippen MR) is 118 cm³/mol. The molecule has 12 heteroatoms. The number of anilines is 1. The van der Waals surface area contributed by atoms with Crippen LogP contribution in [-0.4, -0.2) is 41.7 Å². The molecule has 1 heterocycles. The van der Waals surface area contributed by atoms with Gasteiger partial charge in [-0.1, -0.05) is 64.1 Å². The van der Waals surface area contributed by atoms with E-state index in [9.17, 15) is 19.2 Å². The Morgan fingerprint density at radius 3 is 2.03 bits per heavy atom. The Labute approximate surface area is 201 Å². The van der Waals surface area contributed by atoms with Gasteiger partial charge in [0, 0.05) is 10.7 Å². The molecule has 2 aromatic rings. The van der Waals surface area contributed by atoms with Crippen LogP contribution < -0.4 is 5.32 Å². The van der Waals surface area contributed by atoms with Gasteiger partial charge in [0.2, 0.25) is 0 Å². The average Bonchev–Trinajstić information content (AvgIpc) is 2.97. The lowest BCUT2D eigenvalue weighted by molar-refractivity contribution is -0.147. The molecule has 0 bridgehead atoms. The number of amides is 3. The second-order valence-electron chi connectivity index (χ2n) is 6.32. The first-order valence-corrected chi connectivity index (χ1v) is 10.4. The maximum atomic E-state index is 12.6. The second-order valence-corrected chi connectivity index (χ2v) is 8.24. The summed E-state index contributed by atoms with van der Waals surface area (Å²) in [7, 11) is 0. The monoisotopic (exact) mass is 522 g/mol. The molecular weight excluding hydrogens is 513 g/mol. The fraction of sp³-hybridized carbons (Fsp3) is 0.158. The maximum absolute atomic E-state index is 12.6. The summed E-state index contributed by atoms with van der Waals surface area (Å²) >= 11 is 29.9. The van der Waals surface area contributed by atoms with Crippen LogP contribution in [0.4, 0.5) is 5.69 Å². The first-order chi connectivity index (χ1) is 14.5. The van der Waals surface area contributed by atoms with E-state index in [2.05, 4.69) is 5.32 Å². The van der Waals surface area contributed by atoms with Crippen molar-refractivity contribution in [3.05, 3.63) is 60.0 Å². The summed E-state index contributed by atoms with van der Waals surface area (Å²) in [4.78, 5) is 49.9. The van der Waals surface area contributed by atoms with E-state index in [1.165, 1.54) is 0 Å². The Balaban J connectivity index is 1.66. The van der Waals surface area contributed by atoms with Crippen molar-refractivity contribution in [2.75, 3.05) is 18.5 Å².